The van der Waals surface area contributed by atoms with Gasteiger partial charge in [-0.3, -0.25) is 9.59 Å². The Morgan fingerprint density at radius 3 is 2.06 bits per heavy atom. The van der Waals surface area contributed by atoms with Crippen LogP contribution in [-0.2, 0) is 16.1 Å². The lowest BCUT2D eigenvalue weighted by atomic mass is 9.71. The predicted molar refractivity (Wildman–Crippen MR) is 143 cm³/mol. The smallest absolute Gasteiger partial charge is 0.175 e. The van der Waals surface area contributed by atoms with Gasteiger partial charge in [0.05, 0.1) is 17.7 Å². The second kappa shape index (κ2) is 10.6. The van der Waals surface area contributed by atoms with Crippen LogP contribution < -0.4 is 9.47 Å². The average Bonchev–Trinajstić information content (AvgIpc) is 2.87. The summed E-state index contributed by atoms with van der Waals surface area (Å²) in [6, 6.07) is 14.3. The summed E-state index contributed by atoms with van der Waals surface area (Å²) in [5.74, 6) is 1.19. The highest BCUT2D eigenvalue weighted by Crippen LogP contribution is 2.51. The van der Waals surface area contributed by atoms with E-state index in [-0.39, 0.29) is 17.5 Å². The Kier molecular flexibility index (Phi) is 7.33. The fourth-order valence-corrected chi connectivity index (χ4v) is 6.38. The number of carbonyl (C=O) groups excluding carboxylic acids is 2. The molecule has 2 aliphatic carbocycles. The van der Waals surface area contributed by atoms with Crippen molar-refractivity contribution in [2.24, 2.45) is 0 Å². The molecule has 0 amide bonds. The number of rotatable bonds is 7. The van der Waals surface area contributed by atoms with E-state index >= 15 is 0 Å². The Morgan fingerprint density at radius 1 is 0.861 bits per heavy atom. The van der Waals surface area contributed by atoms with E-state index in [1.54, 1.807) is 0 Å². The first-order valence-electron chi connectivity index (χ1n) is 13.0. The van der Waals surface area contributed by atoms with Crippen molar-refractivity contribution < 1.29 is 19.1 Å². The number of allylic oxidation sites excluding steroid dienone is 4. The molecule has 0 spiro atoms. The van der Waals surface area contributed by atoms with Gasteiger partial charge in [0.15, 0.2) is 23.1 Å². The quantitative estimate of drug-likeness (QED) is 0.377. The highest BCUT2D eigenvalue weighted by atomic mass is 79.9. The maximum atomic E-state index is 13.6. The van der Waals surface area contributed by atoms with Crippen LogP contribution in [0.4, 0.5) is 0 Å². The topological polar surface area (TPSA) is 55.8 Å². The molecule has 2 aromatic carbocycles. The van der Waals surface area contributed by atoms with Gasteiger partial charge in [0.25, 0.3) is 0 Å². The SMILES string of the molecule is CCOc1cc(C2C3=C(CCCC3=O)N(Cc3ccccc3)C3=C2C(=O)CCC3)cc(Br)c1OCC. The van der Waals surface area contributed by atoms with Gasteiger partial charge in [-0.05, 0) is 78.7 Å². The van der Waals surface area contributed by atoms with Crippen LogP contribution >= 0.6 is 15.9 Å². The van der Waals surface area contributed by atoms with E-state index in [1.807, 2.05) is 44.2 Å². The van der Waals surface area contributed by atoms with Crippen molar-refractivity contribution in [3.63, 3.8) is 0 Å². The van der Waals surface area contributed by atoms with Gasteiger partial charge < -0.3 is 14.4 Å². The highest BCUT2D eigenvalue weighted by molar-refractivity contribution is 9.10. The second-order valence-electron chi connectivity index (χ2n) is 9.47. The first-order chi connectivity index (χ1) is 17.5. The Bertz CT molecular complexity index is 1200. The molecule has 0 unspecified atom stereocenters. The fourth-order valence-electron chi connectivity index (χ4n) is 5.81. The average molecular weight is 550 g/mol. The normalized spacial score (nSPS) is 18.4. The number of carbonyl (C=O) groups is 2. The fraction of sp³-hybridized carbons (Fsp3) is 0.400. The Hall–Kier alpha value is -2.86. The van der Waals surface area contributed by atoms with Gasteiger partial charge in [0.1, 0.15) is 0 Å². The minimum atomic E-state index is -0.381. The monoisotopic (exact) mass is 549 g/mol. The number of hydrogen-bond acceptors (Lipinski definition) is 5. The summed E-state index contributed by atoms with van der Waals surface area (Å²) in [7, 11) is 0. The molecular formula is C30H32BrNO4. The standard InChI is InChI=1S/C30H32BrNO4/c1-3-35-26-17-20(16-21(31)30(26)36-4-2)27-28-22(12-8-14-24(28)33)32(18-19-10-6-5-7-11-19)23-13-9-15-25(34)29(23)27/h5-7,10-11,16-17,27H,3-4,8-9,12-15,18H2,1-2H3. The molecule has 0 atom stereocenters. The summed E-state index contributed by atoms with van der Waals surface area (Å²) in [5.41, 5.74) is 5.80. The van der Waals surface area contributed by atoms with E-state index in [0.29, 0.717) is 44.1 Å². The second-order valence-corrected chi connectivity index (χ2v) is 10.3. The third-order valence-corrected chi connectivity index (χ3v) is 7.81. The lowest BCUT2D eigenvalue weighted by Gasteiger charge is -2.44. The Morgan fingerprint density at radius 2 is 1.47 bits per heavy atom. The van der Waals surface area contributed by atoms with Crippen molar-refractivity contribution >= 4 is 27.5 Å². The maximum Gasteiger partial charge on any atom is 0.175 e. The van der Waals surface area contributed by atoms with Crippen LogP contribution in [0.3, 0.4) is 0 Å². The molecule has 36 heavy (non-hydrogen) atoms. The molecule has 0 radical (unpaired) electrons. The number of Topliss-reactive ketones (excluding diaryl/α,β-unsaturated/α-hetero) is 2. The van der Waals surface area contributed by atoms with E-state index in [9.17, 15) is 9.59 Å². The van der Waals surface area contributed by atoms with Crippen molar-refractivity contribution in [1.29, 1.82) is 0 Å². The highest BCUT2D eigenvalue weighted by Gasteiger charge is 2.43. The lowest BCUT2D eigenvalue weighted by Crippen LogP contribution is -2.38. The van der Waals surface area contributed by atoms with Crippen molar-refractivity contribution in [2.45, 2.75) is 64.8 Å². The van der Waals surface area contributed by atoms with E-state index < -0.39 is 0 Å². The zero-order valence-electron chi connectivity index (χ0n) is 20.9. The molecule has 0 aromatic heterocycles. The summed E-state index contributed by atoms with van der Waals surface area (Å²) in [4.78, 5) is 29.4. The molecule has 0 saturated heterocycles. The van der Waals surface area contributed by atoms with Gasteiger partial charge in [0.2, 0.25) is 0 Å². The van der Waals surface area contributed by atoms with Gasteiger partial charge >= 0.3 is 0 Å². The van der Waals surface area contributed by atoms with Gasteiger partial charge in [0, 0.05) is 47.8 Å². The summed E-state index contributed by atoms with van der Waals surface area (Å²) < 4.78 is 12.6. The Balaban J connectivity index is 1.71. The third-order valence-electron chi connectivity index (χ3n) is 7.22. The van der Waals surface area contributed by atoms with Crippen LogP contribution in [0, 0.1) is 0 Å². The predicted octanol–water partition coefficient (Wildman–Crippen LogP) is 6.86. The van der Waals surface area contributed by atoms with E-state index in [0.717, 1.165) is 58.3 Å². The molecule has 188 valence electrons. The maximum absolute atomic E-state index is 13.6. The number of ketones is 2. The molecule has 0 fully saturated rings. The van der Waals surface area contributed by atoms with Crippen LogP contribution in [0.25, 0.3) is 0 Å². The van der Waals surface area contributed by atoms with E-state index in [4.69, 9.17) is 9.47 Å². The number of ether oxygens (including phenoxy) is 2. The van der Waals surface area contributed by atoms with E-state index in [2.05, 4.69) is 33.0 Å². The van der Waals surface area contributed by atoms with Crippen molar-refractivity contribution in [1.82, 2.24) is 4.90 Å². The molecule has 5 nitrogen and oxygen atoms in total. The molecule has 0 N–H and O–H groups in total. The largest absolute Gasteiger partial charge is 0.490 e. The number of benzene rings is 2. The van der Waals surface area contributed by atoms with Crippen molar-refractivity contribution in [3.8, 4) is 11.5 Å². The first kappa shape index (κ1) is 24.8. The number of hydrogen-bond donors (Lipinski definition) is 0. The molecule has 3 aliphatic rings. The summed E-state index contributed by atoms with van der Waals surface area (Å²) in [6.07, 6.45) is 4.38. The molecule has 6 heteroatoms. The zero-order chi connectivity index (χ0) is 25.2. The lowest BCUT2D eigenvalue weighted by molar-refractivity contribution is -0.117. The minimum Gasteiger partial charge on any atom is -0.490 e. The minimum absolute atomic E-state index is 0.146. The molecule has 5 rings (SSSR count). The molecule has 0 saturated carbocycles. The van der Waals surface area contributed by atoms with Gasteiger partial charge in [-0.1, -0.05) is 30.3 Å². The van der Waals surface area contributed by atoms with Crippen LogP contribution in [0.5, 0.6) is 11.5 Å². The van der Waals surface area contributed by atoms with Crippen LogP contribution in [0.2, 0.25) is 0 Å². The van der Waals surface area contributed by atoms with Crippen molar-refractivity contribution in [2.75, 3.05) is 13.2 Å². The van der Waals surface area contributed by atoms with E-state index in [1.165, 1.54) is 5.56 Å². The van der Waals surface area contributed by atoms with Gasteiger partial charge in [-0.15, -0.1) is 0 Å². The summed E-state index contributed by atoms with van der Waals surface area (Å²) in [5, 5.41) is 0. The molecule has 1 aliphatic heterocycles. The first-order valence-corrected chi connectivity index (χ1v) is 13.8. The molecule has 1 heterocycles. The van der Waals surface area contributed by atoms with Crippen LogP contribution in [0.15, 0.2) is 69.5 Å². The molecular weight excluding hydrogens is 518 g/mol. The number of halogens is 1. The van der Waals surface area contributed by atoms with Crippen molar-refractivity contribution in [3.05, 3.63) is 80.6 Å². The third kappa shape index (κ3) is 4.52. The summed E-state index contributed by atoms with van der Waals surface area (Å²) in [6.45, 7) is 5.55. The molecule has 0 bridgehead atoms. The van der Waals surface area contributed by atoms with Gasteiger partial charge in [-0.25, -0.2) is 0 Å². The van der Waals surface area contributed by atoms with Crippen LogP contribution in [0.1, 0.15) is 69.4 Å². The zero-order valence-corrected chi connectivity index (χ0v) is 22.5. The number of nitrogens with zero attached hydrogens (tertiary/aromatic N) is 1. The van der Waals surface area contributed by atoms with Gasteiger partial charge in [-0.2, -0.15) is 0 Å². The molecule has 2 aromatic rings. The van der Waals surface area contributed by atoms with Crippen LogP contribution in [-0.4, -0.2) is 29.7 Å². The summed E-state index contributed by atoms with van der Waals surface area (Å²) >= 11 is 3.68. The Labute approximate surface area is 221 Å².